The largest absolute Gasteiger partial charge is 0.280 e. The molecule has 4 heteroatoms. The van der Waals surface area contributed by atoms with Gasteiger partial charge in [-0.2, -0.15) is 4.37 Å². The fourth-order valence-corrected chi connectivity index (χ4v) is 0.744. The highest BCUT2D eigenvalue weighted by atomic mass is 32.1. The minimum atomic E-state index is -0.0787. The Kier molecular flexibility index (Phi) is 11.1. The van der Waals surface area contributed by atoms with E-state index >= 15 is 0 Å². The van der Waals surface area contributed by atoms with Crippen LogP contribution in [-0.2, 0) is 0 Å². The van der Waals surface area contributed by atoms with Gasteiger partial charge in [0.1, 0.15) is 5.69 Å². The van der Waals surface area contributed by atoms with Crippen molar-refractivity contribution in [2.75, 3.05) is 0 Å². The third-order valence-corrected chi connectivity index (χ3v) is 1.29. The van der Waals surface area contributed by atoms with Gasteiger partial charge in [0.2, 0.25) is 0 Å². The van der Waals surface area contributed by atoms with Gasteiger partial charge in [0, 0.05) is 11.7 Å². The second-order valence-electron chi connectivity index (χ2n) is 1.20. The van der Waals surface area contributed by atoms with Crippen LogP contribution in [0.2, 0.25) is 0 Å². The monoisotopic (exact) mass is 176 g/mol. The van der Waals surface area contributed by atoms with Gasteiger partial charge in [0.25, 0.3) is 5.56 Å². The van der Waals surface area contributed by atoms with Gasteiger partial charge in [-0.1, -0.05) is 27.7 Å². The van der Waals surface area contributed by atoms with Crippen LogP contribution in [0, 0.1) is 6.92 Å². The summed E-state index contributed by atoms with van der Waals surface area (Å²) in [5.74, 6) is 0. The van der Waals surface area contributed by atoms with E-state index in [-0.39, 0.29) is 5.56 Å². The van der Waals surface area contributed by atoms with Gasteiger partial charge in [-0.25, -0.2) is 0 Å². The zero-order valence-corrected chi connectivity index (χ0v) is 8.58. The van der Waals surface area contributed by atoms with Crippen molar-refractivity contribution in [3.05, 3.63) is 16.0 Å². The van der Waals surface area contributed by atoms with Crippen LogP contribution >= 0.6 is 11.7 Å². The summed E-state index contributed by atoms with van der Waals surface area (Å²) in [4.78, 5) is 10.3. The molecule has 0 fully saturated rings. The lowest BCUT2D eigenvalue weighted by atomic mass is 10.6. The normalized spacial score (nSPS) is 7.00. The number of hydrogen-bond donors (Lipinski definition) is 1. The fraction of sp³-hybridized carbons (Fsp3) is 0.714. The molecule has 0 unspecified atom stereocenters. The van der Waals surface area contributed by atoms with Gasteiger partial charge in [-0.3, -0.25) is 9.17 Å². The number of H-pyrrole nitrogens is 1. The maximum atomic E-state index is 10.3. The van der Waals surface area contributed by atoms with Gasteiger partial charge in [0.15, 0.2) is 0 Å². The zero-order chi connectivity index (χ0) is 9.28. The van der Waals surface area contributed by atoms with Gasteiger partial charge < -0.3 is 0 Å². The number of aryl methyl sites for hydroxylation is 1. The maximum Gasteiger partial charge on any atom is 0.280 e. The lowest BCUT2D eigenvalue weighted by Crippen LogP contribution is -1.99. The van der Waals surface area contributed by atoms with Crippen LogP contribution in [0.4, 0.5) is 0 Å². The SMILES string of the molecule is CC.CC.Cc1ns[nH]c1=O. The zero-order valence-electron chi connectivity index (χ0n) is 7.76. The summed E-state index contributed by atoms with van der Waals surface area (Å²) in [7, 11) is 0. The second kappa shape index (κ2) is 9.36. The molecule has 1 aromatic rings. The topological polar surface area (TPSA) is 45.8 Å². The van der Waals surface area contributed by atoms with Crippen LogP contribution in [0.3, 0.4) is 0 Å². The molecule has 0 aromatic carbocycles. The Hall–Kier alpha value is -0.640. The molecule has 1 aromatic heterocycles. The average Bonchev–Trinajstić information content (AvgIpc) is 2.44. The van der Waals surface area contributed by atoms with Gasteiger partial charge in [-0.05, 0) is 6.92 Å². The number of nitrogens with one attached hydrogen (secondary N) is 1. The average molecular weight is 176 g/mol. The van der Waals surface area contributed by atoms with Crippen molar-refractivity contribution in [1.82, 2.24) is 8.75 Å². The van der Waals surface area contributed by atoms with Crippen molar-refractivity contribution in [3.8, 4) is 0 Å². The Morgan fingerprint density at radius 1 is 1.27 bits per heavy atom. The highest BCUT2D eigenvalue weighted by Crippen LogP contribution is 1.79. The molecule has 0 aliphatic rings. The van der Waals surface area contributed by atoms with Crippen LogP contribution in [0.15, 0.2) is 4.79 Å². The summed E-state index contributed by atoms with van der Waals surface area (Å²) < 4.78 is 6.13. The first kappa shape index (κ1) is 13.0. The standard InChI is InChI=1S/C3H4N2OS.2C2H6/c1-2-3(6)5-7-4-2;2*1-2/h1H3,(H,5,6);2*1-2H3. The number of rotatable bonds is 0. The van der Waals surface area contributed by atoms with Crippen molar-refractivity contribution in [1.29, 1.82) is 0 Å². The van der Waals surface area contributed by atoms with E-state index in [1.807, 2.05) is 27.7 Å². The maximum absolute atomic E-state index is 10.3. The number of aromatic nitrogens is 2. The van der Waals surface area contributed by atoms with Gasteiger partial charge in [0.05, 0.1) is 0 Å². The van der Waals surface area contributed by atoms with Crippen molar-refractivity contribution in [2.24, 2.45) is 0 Å². The molecule has 0 spiro atoms. The molecule has 1 rings (SSSR count). The number of aromatic amines is 1. The lowest BCUT2D eigenvalue weighted by molar-refractivity contribution is 1.25. The Morgan fingerprint density at radius 3 is 1.82 bits per heavy atom. The summed E-state index contributed by atoms with van der Waals surface area (Å²) >= 11 is 1.08. The van der Waals surface area contributed by atoms with Crippen molar-refractivity contribution in [2.45, 2.75) is 34.6 Å². The molecule has 0 saturated heterocycles. The first-order valence-corrected chi connectivity index (χ1v) is 4.59. The first-order valence-electron chi connectivity index (χ1n) is 3.81. The van der Waals surface area contributed by atoms with E-state index in [0.29, 0.717) is 5.69 Å². The lowest BCUT2D eigenvalue weighted by Gasteiger charge is -1.62. The van der Waals surface area contributed by atoms with E-state index in [2.05, 4.69) is 8.75 Å². The number of nitrogens with zero attached hydrogens (tertiary/aromatic N) is 1. The molecular weight excluding hydrogens is 160 g/mol. The van der Waals surface area contributed by atoms with E-state index < -0.39 is 0 Å². The van der Waals surface area contributed by atoms with E-state index in [1.54, 1.807) is 6.92 Å². The Bertz CT molecular complexity index is 204. The van der Waals surface area contributed by atoms with Gasteiger partial charge in [-0.15, -0.1) is 0 Å². The quantitative estimate of drug-likeness (QED) is 0.658. The predicted molar refractivity (Wildman–Crippen MR) is 50.2 cm³/mol. The number of hydrogen-bond acceptors (Lipinski definition) is 3. The Labute approximate surface area is 71.8 Å². The molecule has 1 N–H and O–H groups in total. The summed E-state index contributed by atoms with van der Waals surface area (Å²) in [6.45, 7) is 9.68. The molecule has 0 amide bonds. The minimum absolute atomic E-state index is 0.0787. The molecule has 0 aliphatic carbocycles. The van der Waals surface area contributed by atoms with E-state index in [1.165, 1.54) is 0 Å². The van der Waals surface area contributed by atoms with Crippen LogP contribution in [0.5, 0.6) is 0 Å². The molecule has 0 atom stereocenters. The molecule has 1 heterocycles. The molecule has 66 valence electrons. The highest BCUT2D eigenvalue weighted by molar-refractivity contribution is 6.99. The summed E-state index contributed by atoms with van der Waals surface area (Å²) in [6, 6.07) is 0. The van der Waals surface area contributed by atoms with Crippen LogP contribution in [0.1, 0.15) is 33.4 Å². The first-order chi connectivity index (χ1) is 5.30. The summed E-state index contributed by atoms with van der Waals surface area (Å²) in [6.07, 6.45) is 0. The van der Waals surface area contributed by atoms with Crippen molar-refractivity contribution >= 4 is 11.7 Å². The molecule has 0 aliphatic heterocycles. The predicted octanol–water partition coefficient (Wildman–Crippen LogP) is 2.19. The van der Waals surface area contributed by atoms with Crippen LogP contribution in [0.25, 0.3) is 0 Å². The van der Waals surface area contributed by atoms with E-state index in [9.17, 15) is 4.79 Å². The highest BCUT2D eigenvalue weighted by Gasteiger charge is 1.89. The van der Waals surface area contributed by atoms with E-state index in [4.69, 9.17) is 0 Å². The van der Waals surface area contributed by atoms with Crippen LogP contribution < -0.4 is 5.56 Å². The fourth-order valence-electron chi connectivity index (χ4n) is 0.248. The Balaban J connectivity index is 0. The molecule has 3 nitrogen and oxygen atoms in total. The Morgan fingerprint density at radius 2 is 1.73 bits per heavy atom. The molecule has 0 radical (unpaired) electrons. The molecular formula is C7H16N2OS. The van der Waals surface area contributed by atoms with E-state index in [0.717, 1.165) is 11.7 Å². The molecule has 11 heavy (non-hydrogen) atoms. The van der Waals surface area contributed by atoms with Crippen molar-refractivity contribution in [3.63, 3.8) is 0 Å². The minimum Gasteiger partial charge on any atom is -0.267 e. The third-order valence-electron chi connectivity index (χ3n) is 0.650. The summed E-state index contributed by atoms with van der Waals surface area (Å²) in [5, 5.41) is 0. The van der Waals surface area contributed by atoms with Crippen LogP contribution in [-0.4, -0.2) is 8.75 Å². The second-order valence-corrected chi connectivity index (χ2v) is 1.77. The van der Waals surface area contributed by atoms with Gasteiger partial charge >= 0.3 is 0 Å². The third kappa shape index (κ3) is 5.79. The smallest absolute Gasteiger partial charge is 0.267 e. The summed E-state index contributed by atoms with van der Waals surface area (Å²) in [5.41, 5.74) is 0.468. The molecule has 0 bridgehead atoms. The molecule has 0 saturated carbocycles. The van der Waals surface area contributed by atoms with Crippen molar-refractivity contribution < 1.29 is 0 Å².